The number of unbranched alkanes of at least 4 members (excludes halogenated alkanes) is 1. The number of aliphatic hydroxyl groups excluding tert-OH is 1. The molecule has 0 spiro atoms. The maximum Gasteiger partial charge on any atom is 0.410 e. The van der Waals surface area contributed by atoms with Gasteiger partial charge in [0, 0.05) is 81.1 Å². The molecule has 0 bridgehead atoms. The number of aryl methyl sites for hydroxylation is 1. The number of esters is 1. The fourth-order valence-electron chi connectivity index (χ4n) is 9.56. The van der Waals surface area contributed by atoms with Gasteiger partial charge in [-0.15, -0.1) is 0 Å². The van der Waals surface area contributed by atoms with Gasteiger partial charge in [0.15, 0.2) is 21.8 Å². The van der Waals surface area contributed by atoms with Crippen molar-refractivity contribution in [3.05, 3.63) is 48.9 Å². The highest BCUT2D eigenvalue weighted by atomic mass is 127. The van der Waals surface area contributed by atoms with E-state index in [1.807, 2.05) is 64.4 Å². The molecular weight excluding hydrogens is 927 g/mol. The summed E-state index contributed by atoms with van der Waals surface area (Å²) >= 11 is 1.93. The predicted octanol–water partition coefficient (Wildman–Crippen LogP) is 4.64. The molecule has 0 aromatic carbocycles. The number of H-pyrrole nitrogens is 1. The zero-order valence-corrected chi connectivity index (χ0v) is 39.8. The molecule has 3 aliphatic rings. The van der Waals surface area contributed by atoms with Gasteiger partial charge in [-0.25, -0.2) is 9.78 Å². The van der Waals surface area contributed by atoms with E-state index in [1.54, 1.807) is 64.4 Å². The lowest BCUT2D eigenvalue weighted by Gasteiger charge is -2.47. The Morgan fingerprint density at radius 1 is 1.05 bits per heavy atom. The Labute approximate surface area is 382 Å². The van der Waals surface area contributed by atoms with E-state index in [-0.39, 0.29) is 30.9 Å². The normalized spacial score (nSPS) is 34.7. The number of hydrogen-bond acceptors (Lipinski definition) is 15. The number of rotatable bonds is 13. The van der Waals surface area contributed by atoms with Crippen molar-refractivity contribution in [1.29, 1.82) is 0 Å². The summed E-state index contributed by atoms with van der Waals surface area (Å²) < 4.78 is 32.2. The zero-order valence-electron chi connectivity index (χ0n) is 37.7. The van der Waals surface area contributed by atoms with Gasteiger partial charge in [-0.3, -0.25) is 19.4 Å². The number of aromatic nitrogens is 6. The van der Waals surface area contributed by atoms with Crippen molar-refractivity contribution >= 4 is 46.2 Å². The lowest BCUT2D eigenvalue weighted by Crippen LogP contribution is -2.60. The third-order valence-corrected chi connectivity index (χ3v) is 14.8. The SMILES string of the molecule is CO[C@]1(C)C[C@@H](C)C(=O)[C@H](C)[C@@H]2N(CCCCn3cnc(-c4cccnc4)c3)C(=O)O[C@]2(C)[C@@H](I)OC(=O)[C@H](C)C(=O)[C@H](C)[C@H]1O[C@@H]1O[C@H](C)C[C@H](N(C)CCc2cn[nH]n2)[C@H]1O. The molecule has 2 N–H and O–H groups in total. The van der Waals surface area contributed by atoms with Crippen molar-refractivity contribution in [1.82, 2.24) is 39.7 Å². The van der Waals surface area contributed by atoms with Crippen LogP contribution in [0, 0.1) is 23.7 Å². The number of nitrogens with zero attached hydrogens (tertiary/aromatic N) is 7. The second kappa shape index (κ2) is 20.5. The van der Waals surface area contributed by atoms with Crippen LogP contribution in [-0.4, -0.2) is 148 Å². The fourth-order valence-corrected chi connectivity index (χ4v) is 10.3. The van der Waals surface area contributed by atoms with Crippen molar-refractivity contribution in [3.63, 3.8) is 0 Å². The van der Waals surface area contributed by atoms with Crippen LogP contribution in [0.2, 0.25) is 0 Å². The highest BCUT2D eigenvalue weighted by molar-refractivity contribution is 14.1. The summed E-state index contributed by atoms with van der Waals surface area (Å²) in [4.78, 5) is 69.2. The predicted molar refractivity (Wildman–Crippen MR) is 237 cm³/mol. The molecule has 0 aliphatic carbocycles. The maximum atomic E-state index is 14.8. The number of likely N-dealkylation sites (N-methyl/N-ethyl adjacent to an activating group) is 1. The third kappa shape index (κ3) is 10.6. The van der Waals surface area contributed by atoms with Crippen LogP contribution in [0.3, 0.4) is 0 Å². The van der Waals surface area contributed by atoms with Crippen LogP contribution in [0.15, 0.2) is 43.2 Å². The van der Waals surface area contributed by atoms with E-state index >= 15 is 0 Å². The number of alkyl halides is 1. The van der Waals surface area contributed by atoms with Crippen molar-refractivity contribution < 1.29 is 48.0 Å². The van der Waals surface area contributed by atoms with Crippen LogP contribution in [0.1, 0.15) is 79.8 Å². The molecule has 18 nitrogen and oxygen atoms in total. The highest BCUT2D eigenvalue weighted by Gasteiger charge is 2.60. The first-order valence-corrected chi connectivity index (χ1v) is 23.1. The number of fused-ring (bicyclic) bond motifs is 1. The Morgan fingerprint density at radius 2 is 1.79 bits per heavy atom. The summed E-state index contributed by atoms with van der Waals surface area (Å²) in [5, 5.41) is 22.5. The van der Waals surface area contributed by atoms with E-state index in [4.69, 9.17) is 23.7 Å². The number of aliphatic hydroxyl groups is 1. The minimum Gasteiger partial charge on any atom is -0.447 e. The molecule has 0 unspecified atom stereocenters. The molecule has 0 radical (unpaired) electrons. The molecule has 19 heteroatoms. The first-order valence-electron chi connectivity index (χ1n) is 21.8. The quantitative estimate of drug-likeness (QED) is 0.0785. The monoisotopic (exact) mass is 990 g/mol. The number of amides is 1. The molecule has 3 fully saturated rings. The summed E-state index contributed by atoms with van der Waals surface area (Å²) in [5.41, 5.74) is -0.247. The number of nitrogens with one attached hydrogen (secondary N) is 1. The molecule has 6 heterocycles. The fraction of sp³-hybridized carbons (Fsp3) is 0.682. The van der Waals surface area contributed by atoms with Gasteiger partial charge in [0.2, 0.25) is 0 Å². The van der Waals surface area contributed by atoms with Gasteiger partial charge in [-0.1, -0.05) is 20.8 Å². The number of pyridine rings is 1. The average molecular weight is 991 g/mol. The standard InChI is InChI=1S/C44H63IN8O10/c1-25-20-43(6,59-9)38(61-40-36(56)33(19-26(2)60-40)51(8)18-14-31-22-48-50-49-31)28(4)35(55)29(5)39(57)62-41(45)44(7)37(27(3)34(25)54)53(42(58)63-44)17-11-10-16-52-23-32(47-24-52)30-13-12-15-46-21-30/h12-13,15,21-29,33,36-38,40-41,56H,10-11,14,16-20H2,1-9H3,(H,48,49,50)/t25-,26-,27+,28+,29-,33+,36-,37+,38-,40+,41+,43-,44+/m1/s1. The number of halogens is 1. The van der Waals surface area contributed by atoms with Gasteiger partial charge in [-0.05, 0) is 95.1 Å². The molecule has 0 saturated carbocycles. The number of ketones is 2. The summed E-state index contributed by atoms with van der Waals surface area (Å²) in [6.07, 6.45) is 7.00. The second-order valence-electron chi connectivity index (χ2n) is 18.0. The first kappa shape index (κ1) is 48.6. The summed E-state index contributed by atoms with van der Waals surface area (Å²) in [6.45, 7) is 13.5. The number of ether oxygens (including phenoxy) is 5. The molecule has 3 aromatic heterocycles. The average Bonchev–Trinajstić information content (AvgIpc) is 4.03. The van der Waals surface area contributed by atoms with Crippen molar-refractivity contribution in [2.45, 2.75) is 139 Å². The van der Waals surface area contributed by atoms with Crippen LogP contribution in [0.25, 0.3) is 11.3 Å². The smallest absolute Gasteiger partial charge is 0.410 e. The summed E-state index contributed by atoms with van der Waals surface area (Å²) in [5.74, 6) is -5.17. The van der Waals surface area contributed by atoms with Crippen LogP contribution in [0.5, 0.6) is 0 Å². The lowest BCUT2D eigenvalue weighted by molar-refractivity contribution is -0.296. The number of aromatic amines is 1. The van der Waals surface area contributed by atoms with E-state index < -0.39 is 81.4 Å². The number of methoxy groups -OCH3 is 1. The minimum atomic E-state index is -1.44. The number of carbonyl (C=O) groups is 4. The molecule has 346 valence electrons. The van der Waals surface area contributed by atoms with Crippen LogP contribution in [0.4, 0.5) is 4.79 Å². The van der Waals surface area contributed by atoms with Crippen LogP contribution < -0.4 is 0 Å². The van der Waals surface area contributed by atoms with Crippen LogP contribution in [-0.2, 0) is 51.0 Å². The highest BCUT2D eigenvalue weighted by Crippen LogP contribution is 2.44. The second-order valence-corrected chi connectivity index (χ2v) is 19.1. The molecule has 3 aliphatic heterocycles. The molecule has 3 saturated heterocycles. The van der Waals surface area contributed by atoms with Gasteiger partial charge in [0.25, 0.3) is 0 Å². The number of imidazole rings is 1. The van der Waals surface area contributed by atoms with E-state index in [0.717, 1.165) is 17.0 Å². The third-order valence-electron chi connectivity index (χ3n) is 13.3. The van der Waals surface area contributed by atoms with Crippen molar-refractivity contribution in [3.8, 4) is 11.3 Å². The number of cyclic esters (lactones) is 1. The largest absolute Gasteiger partial charge is 0.447 e. The Morgan fingerprint density at radius 3 is 2.48 bits per heavy atom. The summed E-state index contributed by atoms with van der Waals surface area (Å²) in [6, 6.07) is 2.61. The molecule has 63 heavy (non-hydrogen) atoms. The minimum absolute atomic E-state index is 0.102. The summed E-state index contributed by atoms with van der Waals surface area (Å²) in [7, 11) is 3.40. The van der Waals surface area contributed by atoms with E-state index in [9.17, 15) is 24.3 Å². The van der Waals surface area contributed by atoms with E-state index in [2.05, 4.69) is 25.4 Å². The number of carbonyl (C=O) groups excluding carboxylic acids is 4. The molecule has 13 atom stereocenters. The molecule has 6 rings (SSSR count). The molecule has 3 aromatic rings. The Hall–Kier alpha value is -3.89. The maximum absolute atomic E-state index is 14.8. The van der Waals surface area contributed by atoms with Gasteiger partial charge in [0.1, 0.15) is 17.8 Å². The first-order chi connectivity index (χ1) is 29.9. The number of Topliss-reactive ketones (excluding diaryl/α,β-unsaturated/α-hetero) is 2. The molecular formula is C44H63IN8O10. The zero-order chi connectivity index (χ0) is 45.8. The van der Waals surface area contributed by atoms with Crippen molar-refractivity contribution in [2.24, 2.45) is 23.7 Å². The Kier molecular flexibility index (Phi) is 15.8. The van der Waals surface area contributed by atoms with Crippen molar-refractivity contribution in [2.75, 3.05) is 27.2 Å². The molecule has 1 amide bonds. The lowest BCUT2D eigenvalue weighted by atomic mass is 9.74. The van der Waals surface area contributed by atoms with Gasteiger partial charge in [0.05, 0.1) is 47.8 Å². The van der Waals surface area contributed by atoms with E-state index in [1.165, 1.54) is 14.0 Å². The van der Waals surface area contributed by atoms with Gasteiger partial charge < -0.3 is 43.2 Å². The van der Waals surface area contributed by atoms with Crippen LogP contribution >= 0.6 is 22.6 Å². The van der Waals surface area contributed by atoms with Gasteiger partial charge in [-0.2, -0.15) is 15.4 Å². The Bertz CT molecular complexity index is 2030. The topological polar surface area (TPSA) is 213 Å². The Balaban J connectivity index is 1.23. The van der Waals surface area contributed by atoms with Gasteiger partial charge >= 0.3 is 12.1 Å². The number of hydrogen-bond donors (Lipinski definition) is 2. The van der Waals surface area contributed by atoms with E-state index in [0.29, 0.717) is 38.8 Å².